The van der Waals surface area contributed by atoms with Gasteiger partial charge in [0, 0.05) is 38.4 Å². The van der Waals surface area contributed by atoms with E-state index in [9.17, 15) is 4.79 Å². The van der Waals surface area contributed by atoms with Gasteiger partial charge in [0.25, 0.3) is 5.91 Å². The lowest BCUT2D eigenvalue weighted by atomic mass is 9.94. The van der Waals surface area contributed by atoms with Crippen LogP contribution in [-0.4, -0.2) is 46.4 Å². The van der Waals surface area contributed by atoms with Gasteiger partial charge in [0.2, 0.25) is 0 Å². The van der Waals surface area contributed by atoms with Crippen molar-refractivity contribution < 1.29 is 4.79 Å². The van der Waals surface area contributed by atoms with Gasteiger partial charge in [-0.1, -0.05) is 6.07 Å². The summed E-state index contributed by atoms with van der Waals surface area (Å²) in [6, 6.07) is 8.47. The number of rotatable bonds is 3. The first kappa shape index (κ1) is 15.8. The molecule has 2 aromatic heterocycles. The molecule has 2 bridgehead atoms. The average Bonchev–Trinajstić information content (AvgIpc) is 2.83. The summed E-state index contributed by atoms with van der Waals surface area (Å²) in [5.74, 6) is 0.813. The molecule has 3 saturated heterocycles. The molecule has 0 unspecified atom stereocenters. The van der Waals surface area contributed by atoms with Crippen molar-refractivity contribution >= 4 is 17.2 Å². The Morgan fingerprint density at radius 2 is 2.17 bits per heavy atom. The number of thiophene rings is 1. The van der Waals surface area contributed by atoms with E-state index in [2.05, 4.69) is 20.9 Å². The number of aryl methyl sites for hydroxylation is 1. The summed E-state index contributed by atoms with van der Waals surface area (Å²) >= 11 is 1.57. The third-order valence-corrected chi connectivity index (χ3v) is 6.22. The molecule has 0 aromatic carbocycles. The van der Waals surface area contributed by atoms with Crippen LogP contribution in [0.5, 0.6) is 0 Å². The molecule has 0 spiro atoms. The molecular formula is C19H23N3OS. The molecule has 4 nitrogen and oxygen atoms in total. The van der Waals surface area contributed by atoms with Crippen LogP contribution in [0.2, 0.25) is 0 Å². The summed E-state index contributed by atoms with van der Waals surface area (Å²) in [6.07, 6.45) is 4.22. The summed E-state index contributed by atoms with van der Waals surface area (Å²) in [5, 5.41) is 2.02. The summed E-state index contributed by atoms with van der Waals surface area (Å²) in [6.45, 7) is 5.85. The van der Waals surface area contributed by atoms with Gasteiger partial charge >= 0.3 is 0 Å². The second-order valence-corrected chi connectivity index (χ2v) is 7.92. The standard InChI is InChI=1S/C19H23N3OS/c1-14-7-9-24-18(14)19(23)22-11-15-5-6-17(22)13-21(10-15)12-16-4-2-3-8-20-16/h2-4,7-9,15,17H,5-6,10-13H2,1H3/t15-,17+/m0/s1. The number of amides is 1. The topological polar surface area (TPSA) is 36.4 Å². The van der Waals surface area contributed by atoms with E-state index in [0.717, 1.165) is 48.7 Å². The van der Waals surface area contributed by atoms with Crippen LogP contribution in [0.25, 0.3) is 0 Å². The summed E-state index contributed by atoms with van der Waals surface area (Å²) < 4.78 is 0. The van der Waals surface area contributed by atoms with Gasteiger partial charge in [-0.05, 0) is 54.8 Å². The Hall–Kier alpha value is -1.72. The highest BCUT2D eigenvalue weighted by Crippen LogP contribution is 2.31. The molecule has 3 aliphatic heterocycles. The van der Waals surface area contributed by atoms with Crippen LogP contribution in [0, 0.1) is 12.8 Å². The first-order chi connectivity index (χ1) is 11.7. The lowest BCUT2D eigenvalue weighted by Gasteiger charge is -2.36. The number of piperidine rings is 1. The lowest BCUT2D eigenvalue weighted by Crippen LogP contribution is -2.47. The predicted molar refractivity (Wildman–Crippen MR) is 96.1 cm³/mol. The highest BCUT2D eigenvalue weighted by molar-refractivity contribution is 7.12. The van der Waals surface area contributed by atoms with Crippen LogP contribution in [0.4, 0.5) is 0 Å². The quantitative estimate of drug-likeness (QED) is 0.860. The van der Waals surface area contributed by atoms with Crippen molar-refractivity contribution in [1.82, 2.24) is 14.8 Å². The molecule has 2 atom stereocenters. The average molecular weight is 341 g/mol. The van der Waals surface area contributed by atoms with Crippen molar-refractivity contribution in [3.63, 3.8) is 0 Å². The number of pyridine rings is 1. The van der Waals surface area contributed by atoms with Crippen LogP contribution >= 0.6 is 11.3 Å². The maximum atomic E-state index is 13.0. The number of aromatic nitrogens is 1. The van der Waals surface area contributed by atoms with Crippen LogP contribution in [0.3, 0.4) is 0 Å². The van der Waals surface area contributed by atoms with Crippen molar-refractivity contribution in [2.45, 2.75) is 32.4 Å². The molecule has 5 heteroatoms. The maximum Gasteiger partial charge on any atom is 0.264 e. The number of nitrogens with zero attached hydrogens (tertiary/aromatic N) is 3. The maximum absolute atomic E-state index is 13.0. The summed E-state index contributed by atoms with van der Waals surface area (Å²) in [7, 11) is 0. The van der Waals surface area contributed by atoms with E-state index in [1.54, 1.807) is 11.3 Å². The fourth-order valence-corrected chi connectivity index (χ4v) is 4.88. The Morgan fingerprint density at radius 1 is 1.25 bits per heavy atom. The smallest absolute Gasteiger partial charge is 0.264 e. The molecule has 0 aliphatic carbocycles. The highest BCUT2D eigenvalue weighted by Gasteiger charge is 2.38. The minimum atomic E-state index is 0.233. The third-order valence-electron chi connectivity index (χ3n) is 5.22. The molecule has 3 fully saturated rings. The number of carbonyl (C=O) groups excluding carboxylic acids is 1. The molecule has 5 heterocycles. The molecule has 2 aromatic rings. The predicted octanol–water partition coefficient (Wildman–Crippen LogP) is 3.19. The van der Waals surface area contributed by atoms with E-state index < -0.39 is 0 Å². The Balaban J connectivity index is 1.51. The molecule has 126 valence electrons. The van der Waals surface area contributed by atoms with Crippen molar-refractivity contribution in [2.24, 2.45) is 5.92 Å². The molecule has 0 radical (unpaired) electrons. The van der Waals surface area contributed by atoms with Crippen LogP contribution in [-0.2, 0) is 6.54 Å². The monoisotopic (exact) mass is 341 g/mol. The minimum absolute atomic E-state index is 0.233. The van der Waals surface area contributed by atoms with Crippen molar-refractivity contribution in [2.75, 3.05) is 19.6 Å². The van der Waals surface area contributed by atoms with Crippen LogP contribution in [0.15, 0.2) is 35.8 Å². The fraction of sp³-hybridized carbons (Fsp3) is 0.474. The van der Waals surface area contributed by atoms with Gasteiger partial charge in [-0.15, -0.1) is 11.3 Å². The normalized spacial score (nSPS) is 24.1. The molecule has 3 aliphatic rings. The van der Waals surface area contributed by atoms with Gasteiger partial charge < -0.3 is 4.90 Å². The Labute approximate surface area is 147 Å². The highest BCUT2D eigenvalue weighted by atomic mass is 32.1. The SMILES string of the molecule is Cc1ccsc1C(=O)N1C[C@H]2CC[C@@H]1CN(Cc1ccccn1)C2. The third kappa shape index (κ3) is 3.10. The largest absolute Gasteiger partial charge is 0.333 e. The zero-order valence-corrected chi connectivity index (χ0v) is 14.8. The van der Waals surface area contributed by atoms with Gasteiger partial charge in [-0.3, -0.25) is 14.7 Å². The van der Waals surface area contributed by atoms with Gasteiger partial charge in [0.15, 0.2) is 0 Å². The Kier molecular flexibility index (Phi) is 4.37. The lowest BCUT2D eigenvalue weighted by molar-refractivity contribution is 0.0589. The second kappa shape index (κ2) is 6.65. The molecular weight excluding hydrogens is 318 g/mol. The van der Waals surface area contributed by atoms with Crippen LogP contribution in [0.1, 0.15) is 33.8 Å². The van der Waals surface area contributed by atoms with Crippen LogP contribution < -0.4 is 0 Å². The zero-order chi connectivity index (χ0) is 16.5. The van der Waals surface area contributed by atoms with E-state index >= 15 is 0 Å². The van der Waals surface area contributed by atoms with Crippen molar-refractivity contribution in [3.8, 4) is 0 Å². The number of hydrogen-bond acceptors (Lipinski definition) is 4. The van der Waals surface area contributed by atoms with Gasteiger partial charge in [-0.25, -0.2) is 0 Å². The molecule has 0 N–H and O–H groups in total. The first-order valence-corrected chi connectivity index (χ1v) is 9.56. The van der Waals surface area contributed by atoms with Gasteiger partial charge in [0.05, 0.1) is 10.6 Å². The van der Waals surface area contributed by atoms with Crippen molar-refractivity contribution in [3.05, 3.63) is 52.0 Å². The molecule has 24 heavy (non-hydrogen) atoms. The summed E-state index contributed by atoms with van der Waals surface area (Å²) in [4.78, 5) is 23.0. The number of carbonyl (C=O) groups is 1. The van der Waals surface area contributed by atoms with E-state index in [1.165, 1.54) is 6.42 Å². The zero-order valence-electron chi connectivity index (χ0n) is 14.0. The Bertz CT molecular complexity index is 714. The van der Waals surface area contributed by atoms with E-state index in [-0.39, 0.29) is 5.91 Å². The summed E-state index contributed by atoms with van der Waals surface area (Å²) in [5.41, 5.74) is 2.22. The second-order valence-electron chi connectivity index (χ2n) is 7.00. The minimum Gasteiger partial charge on any atom is -0.333 e. The molecule has 0 saturated carbocycles. The van der Waals surface area contributed by atoms with Gasteiger partial charge in [-0.2, -0.15) is 0 Å². The fourth-order valence-electron chi connectivity index (χ4n) is 4.00. The number of hydrogen-bond donors (Lipinski definition) is 0. The molecule has 5 rings (SSSR count). The first-order valence-electron chi connectivity index (χ1n) is 8.68. The van der Waals surface area contributed by atoms with E-state index in [4.69, 9.17) is 0 Å². The van der Waals surface area contributed by atoms with Gasteiger partial charge in [0.1, 0.15) is 0 Å². The van der Waals surface area contributed by atoms with E-state index in [0.29, 0.717) is 12.0 Å². The van der Waals surface area contributed by atoms with E-state index in [1.807, 2.05) is 36.7 Å². The molecule has 1 amide bonds. The number of fused-ring (bicyclic) bond motifs is 4. The van der Waals surface area contributed by atoms with Crippen molar-refractivity contribution in [1.29, 1.82) is 0 Å². The Morgan fingerprint density at radius 3 is 2.92 bits per heavy atom.